The van der Waals surface area contributed by atoms with E-state index in [2.05, 4.69) is 0 Å². The van der Waals surface area contributed by atoms with Crippen LogP contribution in [-0.2, 0) is 4.79 Å². The van der Waals surface area contributed by atoms with E-state index in [-0.39, 0.29) is 17.0 Å². The zero-order valence-electron chi connectivity index (χ0n) is 9.76. The fourth-order valence-electron chi connectivity index (χ4n) is 1.51. The summed E-state index contributed by atoms with van der Waals surface area (Å²) in [5.41, 5.74) is 11.1. The lowest BCUT2D eigenvalue weighted by molar-refractivity contribution is -0.121. The lowest BCUT2D eigenvalue weighted by Gasteiger charge is -2.19. The van der Waals surface area contributed by atoms with Gasteiger partial charge in [0.2, 0.25) is 5.91 Å². The van der Waals surface area contributed by atoms with E-state index in [1.54, 1.807) is 0 Å². The average Bonchev–Trinajstić information content (AvgIpc) is 2.27. The number of rotatable bonds is 5. The third-order valence-electron chi connectivity index (χ3n) is 2.44. The third-order valence-corrected chi connectivity index (χ3v) is 2.77. The number of benzene rings is 1. The molecule has 0 fully saturated rings. The SMILES string of the molecule is COc1cc(C(O)C(O)CC(N)=O)c(Cl)cc1N. The molecule has 0 aliphatic heterocycles. The number of methoxy groups -OCH3 is 1. The zero-order valence-corrected chi connectivity index (χ0v) is 10.5. The van der Waals surface area contributed by atoms with E-state index in [1.807, 2.05) is 0 Å². The van der Waals surface area contributed by atoms with Crippen LogP contribution in [0, 0.1) is 0 Å². The van der Waals surface area contributed by atoms with Crippen molar-refractivity contribution in [2.24, 2.45) is 5.73 Å². The molecule has 1 aromatic carbocycles. The number of aliphatic hydroxyl groups is 2. The zero-order chi connectivity index (χ0) is 13.9. The van der Waals surface area contributed by atoms with Gasteiger partial charge in [0, 0.05) is 10.6 Å². The third kappa shape index (κ3) is 3.25. The summed E-state index contributed by atoms with van der Waals surface area (Å²) in [5, 5.41) is 19.7. The first-order chi connectivity index (χ1) is 8.36. The molecule has 0 aromatic heterocycles. The van der Waals surface area contributed by atoms with Gasteiger partial charge in [0.15, 0.2) is 0 Å². The fraction of sp³-hybridized carbons (Fsp3) is 0.364. The molecule has 1 aromatic rings. The Morgan fingerprint density at radius 2 is 2.11 bits per heavy atom. The van der Waals surface area contributed by atoms with Crippen LogP contribution >= 0.6 is 11.6 Å². The number of amides is 1. The van der Waals surface area contributed by atoms with Crippen molar-refractivity contribution in [1.29, 1.82) is 0 Å². The van der Waals surface area contributed by atoms with Crippen LogP contribution in [0.15, 0.2) is 12.1 Å². The average molecular weight is 275 g/mol. The van der Waals surface area contributed by atoms with Crippen LogP contribution in [-0.4, -0.2) is 29.3 Å². The van der Waals surface area contributed by atoms with Gasteiger partial charge in [-0.15, -0.1) is 0 Å². The van der Waals surface area contributed by atoms with E-state index in [1.165, 1.54) is 19.2 Å². The summed E-state index contributed by atoms with van der Waals surface area (Å²) in [6, 6.07) is 2.81. The summed E-state index contributed by atoms with van der Waals surface area (Å²) >= 11 is 5.91. The molecule has 0 radical (unpaired) electrons. The van der Waals surface area contributed by atoms with Gasteiger partial charge in [-0.3, -0.25) is 4.79 Å². The number of nitrogen functional groups attached to an aromatic ring is 1. The van der Waals surface area contributed by atoms with E-state index in [0.717, 1.165) is 0 Å². The molecule has 2 unspecified atom stereocenters. The van der Waals surface area contributed by atoms with Crippen molar-refractivity contribution in [1.82, 2.24) is 0 Å². The molecule has 1 rings (SSSR count). The van der Waals surface area contributed by atoms with E-state index in [0.29, 0.717) is 11.4 Å². The number of halogens is 1. The second kappa shape index (κ2) is 5.90. The molecule has 0 saturated carbocycles. The number of aliphatic hydroxyl groups excluding tert-OH is 2. The number of nitrogens with two attached hydrogens (primary N) is 2. The first-order valence-corrected chi connectivity index (χ1v) is 5.52. The van der Waals surface area contributed by atoms with Crippen LogP contribution in [0.25, 0.3) is 0 Å². The lowest BCUT2D eigenvalue weighted by Crippen LogP contribution is -2.25. The molecule has 2 atom stereocenters. The predicted molar refractivity (Wildman–Crippen MR) is 67.2 cm³/mol. The van der Waals surface area contributed by atoms with Crippen molar-refractivity contribution in [2.75, 3.05) is 12.8 Å². The van der Waals surface area contributed by atoms with Gasteiger partial charge in [-0.05, 0) is 12.1 Å². The highest BCUT2D eigenvalue weighted by molar-refractivity contribution is 6.31. The van der Waals surface area contributed by atoms with Gasteiger partial charge >= 0.3 is 0 Å². The van der Waals surface area contributed by atoms with Crippen molar-refractivity contribution >= 4 is 23.2 Å². The Bertz CT molecular complexity index is 453. The largest absolute Gasteiger partial charge is 0.495 e. The van der Waals surface area contributed by atoms with Crippen LogP contribution < -0.4 is 16.2 Å². The summed E-state index contributed by atoms with van der Waals surface area (Å²) in [6.45, 7) is 0. The second-order valence-corrected chi connectivity index (χ2v) is 4.21. The molecule has 18 heavy (non-hydrogen) atoms. The molecule has 6 nitrogen and oxygen atoms in total. The molecule has 0 heterocycles. The Morgan fingerprint density at radius 1 is 1.50 bits per heavy atom. The molecule has 1 amide bonds. The summed E-state index contributed by atoms with van der Waals surface area (Å²) in [6.07, 6.45) is -3.06. The fourth-order valence-corrected chi connectivity index (χ4v) is 1.80. The summed E-state index contributed by atoms with van der Waals surface area (Å²) < 4.78 is 4.98. The van der Waals surface area contributed by atoms with Gasteiger partial charge in [-0.1, -0.05) is 11.6 Å². The Hall–Kier alpha value is -1.50. The van der Waals surface area contributed by atoms with E-state index >= 15 is 0 Å². The topological polar surface area (TPSA) is 119 Å². The Morgan fingerprint density at radius 3 is 2.61 bits per heavy atom. The van der Waals surface area contributed by atoms with Crippen LogP contribution in [0.1, 0.15) is 18.1 Å². The number of hydrogen-bond donors (Lipinski definition) is 4. The number of hydrogen-bond acceptors (Lipinski definition) is 5. The molecule has 0 spiro atoms. The van der Waals surface area contributed by atoms with Crippen molar-refractivity contribution < 1.29 is 19.7 Å². The Labute approximate surface area is 109 Å². The van der Waals surface area contributed by atoms with Gasteiger partial charge in [0.1, 0.15) is 11.9 Å². The van der Waals surface area contributed by atoms with E-state index in [9.17, 15) is 15.0 Å². The molecular formula is C11H15ClN2O4. The Kier molecular flexibility index (Phi) is 4.77. The first kappa shape index (κ1) is 14.6. The quantitative estimate of drug-likeness (QED) is 0.572. The summed E-state index contributed by atoms with van der Waals surface area (Å²) in [7, 11) is 1.41. The van der Waals surface area contributed by atoms with Gasteiger partial charge in [-0.25, -0.2) is 0 Å². The normalized spacial score (nSPS) is 14.0. The smallest absolute Gasteiger partial charge is 0.220 e. The number of carbonyl (C=O) groups excluding carboxylic acids is 1. The first-order valence-electron chi connectivity index (χ1n) is 5.14. The highest BCUT2D eigenvalue weighted by Crippen LogP contribution is 2.34. The molecule has 6 N–H and O–H groups in total. The van der Waals surface area contributed by atoms with Crippen LogP contribution in [0.4, 0.5) is 5.69 Å². The number of carbonyl (C=O) groups is 1. The summed E-state index contributed by atoms with van der Waals surface area (Å²) in [5.74, 6) is -0.403. The molecule has 0 saturated heterocycles. The van der Waals surface area contributed by atoms with Gasteiger partial charge < -0.3 is 26.4 Å². The molecule has 0 aliphatic carbocycles. The standard InChI is InChI=1S/C11H15ClN2O4/c1-18-9-2-5(6(12)3-7(9)13)11(17)8(15)4-10(14)16/h2-3,8,11,15,17H,4,13H2,1H3,(H2,14,16). The minimum Gasteiger partial charge on any atom is -0.495 e. The number of primary amides is 1. The molecule has 100 valence electrons. The molecule has 0 bridgehead atoms. The maximum atomic E-state index is 10.7. The predicted octanol–water partition coefficient (Wildman–Crippen LogP) is 0.200. The van der Waals surface area contributed by atoms with Crippen LogP contribution in [0.2, 0.25) is 5.02 Å². The molecule has 0 aliphatic rings. The highest BCUT2D eigenvalue weighted by atomic mass is 35.5. The van der Waals surface area contributed by atoms with Gasteiger partial charge in [0.05, 0.1) is 25.3 Å². The van der Waals surface area contributed by atoms with Crippen molar-refractivity contribution in [3.63, 3.8) is 0 Å². The van der Waals surface area contributed by atoms with E-state index in [4.69, 9.17) is 27.8 Å². The van der Waals surface area contributed by atoms with Crippen molar-refractivity contribution in [3.05, 3.63) is 22.7 Å². The number of anilines is 1. The molecule has 7 heteroatoms. The van der Waals surface area contributed by atoms with Gasteiger partial charge in [-0.2, -0.15) is 0 Å². The van der Waals surface area contributed by atoms with Crippen LogP contribution in [0.5, 0.6) is 5.75 Å². The lowest BCUT2D eigenvalue weighted by atomic mass is 10.0. The van der Waals surface area contributed by atoms with Crippen molar-refractivity contribution in [2.45, 2.75) is 18.6 Å². The maximum Gasteiger partial charge on any atom is 0.220 e. The maximum absolute atomic E-state index is 10.7. The van der Waals surface area contributed by atoms with Gasteiger partial charge in [0.25, 0.3) is 0 Å². The highest BCUT2D eigenvalue weighted by Gasteiger charge is 2.23. The minimum atomic E-state index is -1.35. The van der Waals surface area contributed by atoms with Crippen LogP contribution in [0.3, 0.4) is 0 Å². The minimum absolute atomic E-state index is 0.171. The molecular weight excluding hydrogens is 260 g/mol. The second-order valence-electron chi connectivity index (χ2n) is 3.80. The number of ether oxygens (including phenoxy) is 1. The monoisotopic (exact) mass is 274 g/mol. The summed E-state index contributed by atoms with van der Waals surface area (Å²) in [4.78, 5) is 10.7. The van der Waals surface area contributed by atoms with E-state index < -0.39 is 18.1 Å². The Balaban J connectivity index is 3.04. The van der Waals surface area contributed by atoms with Crippen molar-refractivity contribution in [3.8, 4) is 5.75 Å².